The lowest BCUT2D eigenvalue weighted by Gasteiger charge is -2.01. The Labute approximate surface area is 183 Å². The highest BCUT2D eigenvalue weighted by molar-refractivity contribution is 9.10. The van der Waals surface area contributed by atoms with E-state index in [4.69, 9.17) is 4.42 Å². The molecule has 0 aliphatic heterocycles. The van der Waals surface area contributed by atoms with E-state index < -0.39 is 10.8 Å². The number of carbonyl (C=O) groups is 1. The van der Waals surface area contributed by atoms with Gasteiger partial charge in [-0.25, -0.2) is 5.43 Å². The molecule has 0 aliphatic rings. The van der Waals surface area contributed by atoms with Gasteiger partial charge in [-0.3, -0.25) is 14.9 Å². The molecule has 9 heteroatoms. The third-order valence-electron chi connectivity index (χ3n) is 4.31. The van der Waals surface area contributed by atoms with Crippen LogP contribution >= 0.6 is 27.3 Å². The first-order valence-electron chi connectivity index (χ1n) is 8.78. The van der Waals surface area contributed by atoms with Gasteiger partial charge in [0.1, 0.15) is 11.5 Å². The number of amides is 1. The van der Waals surface area contributed by atoms with Crippen LogP contribution < -0.4 is 5.43 Å². The predicted octanol–water partition coefficient (Wildman–Crippen LogP) is 5.90. The Morgan fingerprint density at radius 2 is 2.03 bits per heavy atom. The average molecular weight is 484 g/mol. The van der Waals surface area contributed by atoms with Crippen LogP contribution in [0.4, 0.5) is 5.69 Å². The number of fused-ring (bicyclic) bond motifs is 1. The molecule has 0 unspecified atom stereocenters. The van der Waals surface area contributed by atoms with E-state index >= 15 is 0 Å². The fourth-order valence-electron chi connectivity index (χ4n) is 2.85. The fraction of sp³-hybridized carbons (Fsp3) is 0.0476. The molecule has 0 saturated heterocycles. The minimum atomic E-state index is -0.464. The number of benzene rings is 2. The first kappa shape index (κ1) is 20.0. The van der Waals surface area contributed by atoms with Gasteiger partial charge in [-0.1, -0.05) is 22.0 Å². The molecule has 2 aromatic heterocycles. The molecule has 0 bridgehead atoms. The molecule has 0 fully saturated rings. The summed E-state index contributed by atoms with van der Waals surface area (Å²) in [7, 11) is 0. The van der Waals surface area contributed by atoms with Gasteiger partial charge in [0.2, 0.25) is 0 Å². The van der Waals surface area contributed by atoms with Crippen molar-refractivity contribution in [3.63, 3.8) is 0 Å². The van der Waals surface area contributed by atoms with Crippen molar-refractivity contribution in [3.8, 4) is 11.3 Å². The zero-order chi connectivity index (χ0) is 21.3. The summed E-state index contributed by atoms with van der Waals surface area (Å²) >= 11 is 4.77. The zero-order valence-electron chi connectivity index (χ0n) is 15.6. The number of nitro benzene ring substituents is 1. The summed E-state index contributed by atoms with van der Waals surface area (Å²) in [6.45, 7) is 2.01. The minimum Gasteiger partial charge on any atom is -0.455 e. The van der Waals surface area contributed by atoms with Crippen LogP contribution in [-0.2, 0) is 0 Å². The van der Waals surface area contributed by atoms with Crippen LogP contribution in [0.2, 0.25) is 0 Å². The average Bonchev–Trinajstić information content (AvgIpc) is 3.34. The van der Waals surface area contributed by atoms with E-state index in [1.165, 1.54) is 29.7 Å². The van der Waals surface area contributed by atoms with Gasteiger partial charge in [-0.05, 0) is 48.9 Å². The molecule has 7 nitrogen and oxygen atoms in total. The maximum Gasteiger partial charge on any atom is 0.281 e. The zero-order valence-corrected chi connectivity index (χ0v) is 18.0. The number of non-ortho nitro benzene ring substituents is 1. The SMILES string of the molecule is Cc1ccc(-c2ccc(C=NNC(=O)c3cc4cc([N+](=O)[O-])ccc4s3)o2)c(Br)c1. The van der Waals surface area contributed by atoms with Crippen molar-refractivity contribution in [1.29, 1.82) is 0 Å². The van der Waals surface area contributed by atoms with Crippen LogP contribution in [-0.4, -0.2) is 17.0 Å². The summed E-state index contributed by atoms with van der Waals surface area (Å²) in [6.07, 6.45) is 1.42. The van der Waals surface area contributed by atoms with Crippen molar-refractivity contribution in [3.05, 3.63) is 85.4 Å². The highest BCUT2D eigenvalue weighted by Crippen LogP contribution is 2.30. The molecule has 1 amide bonds. The van der Waals surface area contributed by atoms with Crippen LogP contribution in [0, 0.1) is 17.0 Å². The summed E-state index contributed by atoms with van der Waals surface area (Å²) < 4.78 is 7.49. The molecular weight excluding hydrogens is 470 g/mol. The predicted molar refractivity (Wildman–Crippen MR) is 120 cm³/mol. The van der Waals surface area contributed by atoms with Gasteiger partial charge in [-0.15, -0.1) is 11.3 Å². The van der Waals surface area contributed by atoms with Crippen LogP contribution in [0.25, 0.3) is 21.4 Å². The van der Waals surface area contributed by atoms with E-state index in [-0.39, 0.29) is 5.69 Å². The van der Waals surface area contributed by atoms with Crippen molar-refractivity contribution in [2.45, 2.75) is 6.92 Å². The molecule has 0 aliphatic carbocycles. The van der Waals surface area contributed by atoms with Gasteiger partial charge in [0.15, 0.2) is 0 Å². The number of hydrogen-bond donors (Lipinski definition) is 1. The van der Waals surface area contributed by atoms with Gasteiger partial charge in [0.25, 0.3) is 11.6 Å². The third-order valence-corrected chi connectivity index (χ3v) is 6.08. The monoisotopic (exact) mass is 483 g/mol. The number of furan rings is 1. The number of carbonyl (C=O) groups excluding carboxylic acids is 1. The van der Waals surface area contributed by atoms with Crippen molar-refractivity contribution in [2.75, 3.05) is 0 Å². The van der Waals surface area contributed by atoms with E-state index in [1.54, 1.807) is 18.2 Å². The molecule has 0 spiro atoms. The van der Waals surface area contributed by atoms with Crippen LogP contribution in [0.1, 0.15) is 21.0 Å². The quantitative estimate of drug-likeness (QED) is 0.217. The summed E-state index contributed by atoms with van der Waals surface area (Å²) in [4.78, 5) is 23.2. The van der Waals surface area contributed by atoms with Gasteiger partial charge in [-0.2, -0.15) is 5.10 Å². The molecule has 4 aromatic rings. The Kier molecular flexibility index (Phi) is 5.47. The van der Waals surface area contributed by atoms with Crippen LogP contribution in [0.5, 0.6) is 0 Å². The number of nitrogens with zero attached hydrogens (tertiary/aromatic N) is 2. The smallest absolute Gasteiger partial charge is 0.281 e. The number of halogens is 1. The summed E-state index contributed by atoms with van der Waals surface area (Å²) in [5, 5.41) is 15.5. The van der Waals surface area contributed by atoms with Crippen molar-refractivity contribution >= 4 is 55.2 Å². The van der Waals surface area contributed by atoms with E-state index in [2.05, 4.69) is 26.5 Å². The first-order valence-corrected chi connectivity index (χ1v) is 10.4. The standard InChI is InChI=1S/C21H14BrN3O4S/c1-12-2-5-16(17(22)8-12)18-6-4-15(29-18)11-23-24-21(26)20-10-13-9-14(25(27)28)3-7-19(13)30-20/h2-11H,1H3,(H,24,26). The number of aryl methyl sites for hydroxylation is 1. The molecule has 0 atom stereocenters. The lowest BCUT2D eigenvalue weighted by Crippen LogP contribution is -2.15. The van der Waals surface area contributed by atoms with Gasteiger partial charge in [0.05, 0.1) is 16.0 Å². The van der Waals surface area contributed by atoms with E-state index in [1.807, 2.05) is 31.2 Å². The van der Waals surface area contributed by atoms with Crippen molar-refractivity contribution in [2.24, 2.45) is 5.10 Å². The second-order valence-electron chi connectivity index (χ2n) is 6.47. The Morgan fingerprint density at radius 1 is 1.20 bits per heavy atom. The molecule has 2 heterocycles. The number of hydrogen-bond acceptors (Lipinski definition) is 6. The summed E-state index contributed by atoms with van der Waals surface area (Å²) in [5.74, 6) is 0.772. The lowest BCUT2D eigenvalue weighted by atomic mass is 10.1. The highest BCUT2D eigenvalue weighted by atomic mass is 79.9. The maximum atomic E-state index is 12.3. The van der Waals surface area contributed by atoms with Gasteiger partial charge < -0.3 is 4.42 Å². The number of nitrogens with one attached hydrogen (secondary N) is 1. The maximum absolute atomic E-state index is 12.3. The molecule has 30 heavy (non-hydrogen) atoms. The summed E-state index contributed by atoms with van der Waals surface area (Å²) in [6, 6.07) is 15.7. The highest BCUT2D eigenvalue weighted by Gasteiger charge is 2.13. The van der Waals surface area contributed by atoms with E-state index in [0.29, 0.717) is 21.8 Å². The van der Waals surface area contributed by atoms with Gasteiger partial charge >= 0.3 is 0 Å². The third kappa shape index (κ3) is 4.17. The molecule has 0 saturated carbocycles. The molecular formula is C21H14BrN3O4S. The van der Waals surface area contributed by atoms with Crippen LogP contribution in [0.3, 0.4) is 0 Å². The molecule has 2 aromatic carbocycles. The number of hydrazone groups is 1. The van der Waals surface area contributed by atoms with E-state index in [0.717, 1.165) is 20.3 Å². The Morgan fingerprint density at radius 3 is 2.80 bits per heavy atom. The van der Waals surface area contributed by atoms with Crippen molar-refractivity contribution < 1.29 is 14.1 Å². The van der Waals surface area contributed by atoms with Crippen LogP contribution in [0.15, 0.2) is 68.6 Å². The Balaban J connectivity index is 1.46. The second-order valence-corrected chi connectivity index (χ2v) is 8.41. The fourth-order valence-corrected chi connectivity index (χ4v) is 4.47. The molecule has 150 valence electrons. The minimum absolute atomic E-state index is 0.0147. The molecule has 1 N–H and O–H groups in total. The first-order chi connectivity index (χ1) is 14.4. The largest absolute Gasteiger partial charge is 0.455 e. The van der Waals surface area contributed by atoms with E-state index in [9.17, 15) is 14.9 Å². The number of nitro groups is 1. The Bertz CT molecular complexity index is 1310. The topological polar surface area (TPSA) is 97.7 Å². The lowest BCUT2D eigenvalue weighted by molar-refractivity contribution is -0.384. The number of thiophene rings is 1. The number of rotatable bonds is 5. The molecule has 0 radical (unpaired) electrons. The Hall–Kier alpha value is -3.30. The van der Waals surface area contributed by atoms with Crippen molar-refractivity contribution in [1.82, 2.24) is 5.43 Å². The normalized spacial score (nSPS) is 11.3. The second kappa shape index (κ2) is 8.21. The summed E-state index contributed by atoms with van der Waals surface area (Å²) in [5.41, 5.74) is 4.49. The van der Waals surface area contributed by atoms with Gasteiger partial charge in [0, 0.05) is 32.3 Å². The molecule has 4 rings (SSSR count).